The summed E-state index contributed by atoms with van der Waals surface area (Å²) >= 11 is 0. The number of amides is 1. The van der Waals surface area contributed by atoms with Gasteiger partial charge in [-0.1, -0.05) is 30.3 Å². The Bertz CT molecular complexity index is 863. The number of nitrogens with two attached hydrogens (primary N) is 1. The van der Waals surface area contributed by atoms with E-state index in [4.69, 9.17) is 5.73 Å². The van der Waals surface area contributed by atoms with E-state index in [1.54, 1.807) is 4.90 Å². The van der Waals surface area contributed by atoms with Crippen molar-refractivity contribution >= 4 is 18.3 Å². The number of hydrogen-bond donors (Lipinski definition) is 1. The molecule has 2 heterocycles. The summed E-state index contributed by atoms with van der Waals surface area (Å²) in [6, 6.07) is 10.8. The largest absolute Gasteiger partial charge is 0.341 e. The lowest BCUT2D eigenvalue weighted by molar-refractivity contribution is -0.131. The van der Waals surface area contributed by atoms with E-state index in [9.17, 15) is 14.4 Å². The number of rotatable bonds is 5. The van der Waals surface area contributed by atoms with Gasteiger partial charge in [-0.15, -0.1) is 12.4 Å². The zero-order valence-corrected chi connectivity index (χ0v) is 15.2. The molecule has 0 bridgehead atoms. The maximum Gasteiger partial charge on any atom is 0.331 e. The second-order valence-corrected chi connectivity index (χ2v) is 6.37. The van der Waals surface area contributed by atoms with Crippen LogP contribution >= 0.6 is 12.4 Å². The van der Waals surface area contributed by atoms with Crippen LogP contribution < -0.4 is 17.0 Å². The van der Waals surface area contributed by atoms with Crippen molar-refractivity contribution in [2.45, 2.75) is 19.5 Å². The van der Waals surface area contributed by atoms with Gasteiger partial charge in [0, 0.05) is 25.4 Å². The molecule has 7 nitrogen and oxygen atoms in total. The van der Waals surface area contributed by atoms with Crippen LogP contribution in [0, 0.1) is 5.92 Å². The van der Waals surface area contributed by atoms with E-state index in [-0.39, 0.29) is 24.9 Å². The smallest absolute Gasteiger partial charge is 0.331 e. The lowest BCUT2D eigenvalue weighted by Crippen LogP contribution is -2.44. The molecule has 0 aliphatic carbocycles. The van der Waals surface area contributed by atoms with Gasteiger partial charge >= 0.3 is 5.69 Å². The molecule has 1 fully saturated rings. The van der Waals surface area contributed by atoms with Crippen LogP contribution in [0.1, 0.15) is 12.0 Å². The summed E-state index contributed by atoms with van der Waals surface area (Å²) < 4.78 is 2.44. The first-order valence-electron chi connectivity index (χ1n) is 8.40. The van der Waals surface area contributed by atoms with Crippen LogP contribution in [0.2, 0.25) is 0 Å². The minimum atomic E-state index is -0.473. The van der Waals surface area contributed by atoms with E-state index in [0.717, 1.165) is 16.6 Å². The monoisotopic (exact) mass is 378 g/mol. The van der Waals surface area contributed by atoms with E-state index < -0.39 is 11.2 Å². The number of aromatic nitrogens is 2. The van der Waals surface area contributed by atoms with Crippen molar-refractivity contribution in [1.29, 1.82) is 0 Å². The third kappa shape index (κ3) is 4.42. The molecule has 140 valence electrons. The summed E-state index contributed by atoms with van der Waals surface area (Å²) in [6.07, 6.45) is 2.34. The molecule has 1 aromatic heterocycles. The fourth-order valence-corrected chi connectivity index (χ4v) is 3.09. The van der Waals surface area contributed by atoms with Gasteiger partial charge in [-0.25, -0.2) is 4.79 Å². The number of halogens is 1. The van der Waals surface area contributed by atoms with Gasteiger partial charge in [0.05, 0.1) is 6.54 Å². The average molecular weight is 379 g/mol. The Morgan fingerprint density at radius 1 is 1.15 bits per heavy atom. The molecule has 0 radical (unpaired) electrons. The van der Waals surface area contributed by atoms with Crippen LogP contribution in [0.4, 0.5) is 0 Å². The van der Waals surface area contributed by atoms with Crippen LogP contribution in [0.3, 0.4) is 0 Å². The summed E-state index contributed by atoms with van der Waals surface area (Å²) in [5.74, 6) is 0.0822. The van der Waals surface area contributed by atoms with Crippen molar-refractivity contribution in [3.8, 4) is 0 Å². The number of carbonyl (C=O) groups excluding carboxylic acids is 1. The number of likely N-dealkylation sites (tertiary alicyclic amines) is 1. The van der Waals surface area contributed by atoms with Crippen LogP contribution in [0.25, 0.3) is 0 Å². The predicted molar refractivity (Wildman–Crippen MR) is 101 cm³/mol. The molecule has 1 aliphatic rings. The second kappa shape index (κ2) is 8.82. The Kier molecular flexibility index (Phi) is 6.76. The highest BCUT2D eigenvalue weighted by atomic mass is 35.5. The minimum absolute atomic E-state index is 0. The van der Waals surface area contributed by atoms with Gasteiger partial charge < -0.3 is 10.6 Å². The van der Waals surface area contributed by atoms with E-state index in [0.29, 0.717) is 32.1 Å². The predicted octanol–water partition coefficient (Wildman–Crippen LogP) is 0.287. The van der Waals surface area contributed by atoms with Crippen molar-refractivity contribution in [2.24, 2.45) is 11.7 Å². The van der Waals surface area contributed by atoms with Gasteiger partial charge in [0.2, 0.25) is 5.91 Å². The maximum absolute atomic E-state index is 12.6. The highest BCUT2D eigenvalue weighted by molar-refractivity contribution is 5.85. The number of hydrogen-bond acceptors (Lipinski definition) is 4. The summed E-state index contributed by atoms with van der Waals surface area (Å²) in [5.41, 5.74) is 5.66. The third-order valence-corrected chi connectivity index (χ3v) is 4.60. The summed E-state index contributed by atoms with van der Waals surface area (Å²) in [5, 5.41) is 0. The van der Waals surface area contributed by atoms with Gasteiger partial charge in [-0.2, -0.15) is 0 Å². The number of nitrogens with zero attached hydrogens (tertiary/aromatic N) is 3. The zero-order valence-electron chi connectivity index (χ0n) is 14.4. The first-order chi connectivity index (χ1) is 12.1. The lowest BCUT2D eigenvalue weighted by Gasteiger charge is -2.17. The Morgan fingerprint density at radius 2 is 1.88 bits per heavy atom. The molecule has 1 aliphatic heterocycles. The normalized spacial score (nSPS) is 16.3. The van der Waals surface area contributed by atoms with Crippen molar-refractivity contribution in [2.75, 3.05) is 19.6 Å². The van der Waals surface area contributed by atoms with Crippen LogP contribution in [-0.2, 0) is 17.9 Å². The minimum Gasteiger partial charge on any atom is -0.341 e. The Balaban J connectivity index is 0.00000243. The van der Waals surface area contributed by atoms with E-state index in [1.807, 2.05) is 30.3 Å². The molecule has 0 saturated carbocycles. The molecular formula is C18H23ClN4O3. The molecular weight excluding hydrogens is 356 g/mol. The van der Waals surface area contributed by atoms with E-state index in [2.05, 4.69) is 0 Å². The molecule has 0 spiro atoms. The van der Waals surface area contributed by atoms with Crippen molar-refractivity contribution in [3.63, 3.8) is 0 Å². The molecule has 1 amide bonds. The molecule has 2 aromatic rings. The molecule has 1 atom stereocenters. The standard InChI is InChI=1S/C18H22N4O3.ClH/c19-10-15-6-8-20(12-15)17(24)13-22-16(23)7-9-21(18(22)25)11-14-4-2-1-3-5-14;/h1-5,7,9,15H,6,8,10-13,19H2;1H. The Hall–Kier alpha value is -2.38. The summed E-state index contributed by atoms with van der Waals surface area (Å²) in [6.45, 7) is 1.88. The first kappa shape index (κ1) is 19.9. The fourth-order valence-electron chi connectivity index (χ4n) is 3.09. The third-order valence-electron chi connectivity index (χ3n) is 4.60. The van der Waals surface area contributed by atoms with Gasteiger partial charge in [-0.05, 0) is 24.4 Å². The fraction of sp³-hybridized carbons (Fsp3) is 0.389. The molecule has 8 heteroatoms. The average Bonchev–Trinajstić information content (AvgIpc) is 3.11. The summed E-state index contributed by atoms with van der Waals surface area (Å²) in [4.78, 5) is 38.8. The molecule has 1 aromatic carbocycles. The highest BCUT2D eigenvalue weighted by Crippen LogP contribution is 2.14. The van der Waals surface area contributed by atoms with Crippen LogP contribution in [0.15, 0.2) is 52.2 Å². The van der Waals surface area contributed by atoms with Crippen molar-refractivity contribution in [1.82, 2.24) is 14.0 Å². The van der Waals surface area contributed by atoms with Gasteiger partial charge in [0.1, 0.15) is 6.54 Å². The van der Waals surface area contributed by atoms with Crippen LogP contribution in [-0.4, -0.2) is 39.6 Å². The van der Waals surface area contributed by atoms with Gasteiger partial charge in [-0.3, -0.25) is 18.7 Å². The Morgan fingerprint density at radius 3 is 2.54 bits per heavy atom. The molecule has 2 N–H and O–H groups in total. The molecule has 1 saturated heterocycles. The maximum atomic E-state index is 12.6. The Labute approximate surface area is 157 Å². The van der Waals surface area contributed by atoms with Gasteiger partial charge in [0.25, 0.3) is 5.56 Å². The number of benzene rings is 1. The first-order valence-corrected chi connectivity index (χ1v) is 8.40. The second-order valence-electron chi connectivity index (χ2n) is 6.37. The molecule has 1 unspecified atom stereocenters. The SMILES string of the molecule is Cl.NCC1CCN(C(=O)Cn2c(=O)ccn(Cc3ccccc3)c2=O)C1. The highest BCUT2D eigenvalue weighted by Gasteiger charge is 2.25. The number of carbonyl (C=O) groups is 1. The van der Waals surface area contributed by atoms with Crippen LogP contribution in [0.5, 0.6) is 0 Å². The molecule has 3 rings (SSSR count). The lowest BCUT2D eigenvalue weighted by atomic mass is 10.1. The van der Waals surface area contributed by atoms with Gasteiger partial charge in [0.15, 0.2) is 0 Å². The topological polar surface area (TPSA) is 90.3 Å². The van der Waals surface area contributed by atoms with E-state index in [1.165, 1.54) is 16.8 Å². The van der Waals surface area contributed by atoms with E-state index >= 15 is 0 Å². The quantitative estimate of drug-likeness (QED) is 0.809. The zero-order chi connectivity index (χ0) is 17.8. The van der Waals surface area contributed by atoms with Crippen molar-refractivity contribution < 1.29 is 4.79 Å². The molecule has 26 heavy (non-hydrogen) atoms. The summed E-state index contributed by atoms with van der Waals surface area (Å²) in [7, 11) is 0. The van der Waals surface area contributed by atoms with Crippen molar-refractivity contribution in [3.05, 3.63) is 69.0 Å².